The third-order valence-corrected chi connectivity index (χ3v) is 3.99. The number of carbonyl (C=O) groups is 4. The number of cyclic esters (lactones) is 2. The maximum Gasteiger partial charge on any atom is 0.408 e. The van der Waals surface area contributed by atoms with Gasteiger partial charge in [-0.3, -0.25) is 9.59 Å². The average molecular weight is 437 g/mol. The number of hydrogen-bond acceptors (Lipinski definition) is 8. The summed E-state index contributed by atoms with van der Waals surface area (Å²) in [6.07, 6.45) is -7.55. The van der Waals surface area contributed by atoms with Crippen LogP contribution in [0.4, 0.5) is 13.6 Å². The van der Waals surface area contributed by atoms with E-state index in [1.807, 2.05) is 0 Å². The van der Waals surface area contributed by atoms with Crippen LogP contribution >= 0.6 is 0 Å². The van der Waals surface area contributed by atoms with E-state index in [1.165, 1.54) is 20.8 Å². The van der Waals surface area contributed by atoms with Gasteiger partial charge in [0.15, 0.2) is 12.1 Å². The number of rotatable bonds is 5. The fraction of sp³-hybridized carbons (Fsp3) is 0.789. The SMILES string of the molecule is CC(C)C(=O)OC1C(C)OC(=O)C(NC(=O)OC(C)(C)C)COC(=O)C1CC(F)F. The van der Waals surface area contributed by atoms with Crippen molar-refractivity contribution in [3.63, 3.8) is 0 Å². The zero-order valence-electron chi connectivity index (χ0n) is 17.9. The molecule has 1 heterocycles. The second kappa shape index (κ2) is 10.5. The standard InChI is InChI=1S/C19H29F2NO8/c1-9(2)15(23)29-14-10(3)28-17(25)12(22-18(26)30-19(4,5)6)8-27-16(24)11(14)7-13(20)21/h9-14H,7-8H2,1-6H3,(H,22,26). The van der Waals surface area contributed by atoms with Crippen LogP contribution in [-0.4, -0.2) is 60.9 Å². The Bertz CT molecular complexity index is 647. The van der Waals surface area contributed by atoms with Gasteiger partial charge in [-0.25, -0.2) is 18.4 Å². The number of esters is 3. The molecule has 1 fully saturated rings. The molecule has 1 aliphatic heterocycles. The van der Waals surface area contributed by atoms with E-state index in [1.54, 1.807) is 20.8 Å². The Morgan fingerprint density at radius 2 is 1.80 bits per heavy atom. The molecule has 11 heteroatoms. The molecule has 1 rings (SSSR count). The maximum absolute atomic E-state index is 13.1. The predicted molar refractivity (Wildman–Crippen MR) is 98.5 cm³/mol. The first-order chi connectivity index (χ1) is 13.7. The number of alkyl halides is 2. The van der Waals surface area contributed by atoms with Gasteiger partial charge in [0.2, 0.25) is 6.43 Å². The molecule has 30 heavy (non-hydrogen) atoms. The normalized spacial score (nSPS) is 25.5. The van der Waals surface area contributed by atoms with Gasteiger partial charge in [0.05, 0.1) is 5.92 Å². The first kappa shape index (κ1) is 25.6. The van der Waals surface area contributed by atoms with Gasteiger partial charge in [-0.1, -0.05) is 13.8 Å². The molecular weight excluding hydrogens is 408 g/mol. The first-order valence-electron chi connectivity index (χ1n) is 9.56. The van der Waals surface area contributed by atoms with Crippen molar-refractivity contribution in [1.29, 1.82) is 0 Å². The topological polar surface area (TPSA) is 117 Å². The molecule has 1 aliphatic rings. The molecule has 0 saturated carbocycles. The molecule has 1 amide bonds. The molecular formula is C19H29F2NO8. The lowest BCUT2D eigenvalue weighted by Crippen LogP contribution is -2.48. The van der Waals surface area contributed by atoms with Crippen molar-refractivity contribution in [2.75, 3.05) is 6.61 Å². The zero-order valence-corrected chi connectivity index (χ0v) is 17.9. The summed E-state index contributed by atoms with van der Waals surface area (Å²) < 4.78 is 46.6. The Morgan fingerprint density at radius 3 is 2.30 bits per heavy atom. The Labute approximate surface area is 173 Å². The molecule has 0 radical (unpaired) electrons. The number of alkyl carbamates (subject to hydrolysis) is 1. The minimum Gasteiger partial charge on any atom is -0.463 e. The van der Waals surface area contributed by atoms with Crippen LogP contribution in [0, 0.1) is 11.8 Å². The molecule has 0 spiro atoms. The molecule has 0 bridgehead atoms. The van der Waals surface area contributed by atoms with Gasteiger partial charge in [0.1, 0.15) is 24.2 Å². The summed E-state index contributed by atoms with van der Waals surface area (Å²) in [4.78, 5) is 48.9. The van der Waals surface area contributed by atoms with E-state index in [4.69, 9.17) is 18.9 Å². The summed E-state index contributed by atoms with van der Waals surface area (Å²) >= 11 is 0. The number of nitrogens with one attached hydrogen (secondary N) is 1. The fourth-order valence-electron chi connectivity index (χ4n) is 2.56. The van der Waals surface area contributed by atoms with Gasteiger partial charge in [0.25, 0.3) is 0 Å². The van der Waals surface area contributed by atoms with Gasteiger partial charge in [0, 0.05) is 6.42 Å². The number of ether oxygens (including phenoxy) is 4. The predicted octanol–water partition coefficient (Wildman–Crippen LogP) is 2.21. The molecule has 0 aromatic carbocycles. The Kier molecular flexibility index (Phi) is 8.98. The van der Waals surface area contributed by atoms with E-state index < -0.39 is 79.1 Å². The highest BCUT2D eigenvalue weighted by Gasteiger charge is 2.43. The van der Waals surface area contributed by atoms with Crippen LogP contribution in [0.2, 0.25) is 0 Å². The molecule has 0 aliphatic carbocycles. The second-order valence-corrected chi connectivity index (χ2v) is 8.26. The summed E-state index contributed by atoms with van der Waals surface area (Å²) in [6.45, 7) is 8.52. The summed E-state index contributed by atoms with van der Waals surface area (Å²) in [7, 11) is 0. The van der Waals surface area contributed by atoms with E-state index in [9.17, 15) is 28.0 Å². The van der Waals surface area contributed by atoms with Crippen molar-refractivity contribution in [3.05, 3.63) is 0 Å². The minimum absolute atomic E-state index is 0.606. The largest absolute Gasteiger partial charge is 0.463 e. The van der Waals surface area contributed by atoms with Crippen molar-refractivity contribution < 1.29 is 46.9 Å². The number of amides is 1. The average Bonchev–Trinajstić information content (AvgIpc) is 2.61. The highest BCUT2D eigenvalue weighted by Crippen LogP contribution is 2.26. The van der Waals surface area contributed by atoms with Crippen LogP contribution in [0.1, 0.15) is 48.0 Å². The van der Waals surface area contributed by atoms with Crippen molar-refractivity contribution in [1.82, 2.24) is 5.32 Å². The minimum atomic E-state index is -2.90. The maximum atomic E-state index is 13.1. The molecule has 1 N–H and O–H groups in total. The van der Waals surface area contributed by atoms with Crippen LogP contribution in [0.15, 0.2) is 0 Å². The Balaban J connectivity index is 3.10. The number of halogens is 2. The smallest absolute Gasteiger partial charge is 0.408 e. The van der Waals surface area contributed by atoms with E-state index in [0.717, 1.165) is 0 Å². The Morgan fingerprint density at radius 1 is 1.20 bits per heavy atom. The summed E-state index contributed by atoms with van der Waals surface area (Å²) in [5, 5.41) is 2.22. The van der Waals surface area contributed by atoms with Crippen LogP contribution in [0.5, 0.6) is 0 Å². The van der Waals surface area contributed by atoms with E-state index in [0.29, 0.717) is 0 Å². The van der Waals surface area contributed by atoms with Crippen molar-refractivity contribution in [2.45, 2.75) is 78.2 Å². The van der Waals surface area contributed by atoms with Crippen LogP contribution in [-0.2, 0) is 33.3 Å². The monoisotopic (exact) mass is 437 g/mol. The molecule has 0 aromatic heterocycles. The summed E-state index contributed by atoms with van der Waals surface area (Å²) in [5.74, 6) is -5.01. The quantitative estimate of drug-likeness (QED) is 0.514. The van der Waals surface area contributed by atoms with Crippen LogP contribution < -0.4 is 5.32 Å². The van der Waals surface area contributed by atoms with Crippen LogP contribution in [0.25, 0.3) is 0 Å². The van der Waals surface area contributed by atoms with Gasteiger partial charge in [-0.05, 0) is 27.7 Å². The Hall–Kier alpha value is -2.46. The number of carbonyl (C=O) groups excluding carboxylic acids is 4. The lowest BCUT2D eigenvalue weighted by molar-refractivity contribution is -0.178. The van der Waals surface area contributed by atoms with Crippen molar-refractivity contribution >= 4 is 24.0 Å². The van der Waals surface area contributed by atoms with E-state index in [2.05, 4.69) is 5.32 Å². The van der Waals surface area contributed by atoms with Crippen LogP contribution in [0.3, 0.4) is 0 Å². The molecule has 9 nitrogen and oxygen atoms in total. The van der Waals surface area contributed by atoms with Gasteiger partial charge in [-0.15, -0.1) is 0 Å². The van der Waals surface area contributed by atoms with E-state index in [-0.39, 0.29) is 0 Å². The first-order valence-corrected chi connectivity index (χ1v) is 9.56. The highest BCUT2D eigenvalue weighted by molar-refractivity contribution is 5.83. The molecule has 172 valence electrons. The molecule has 0 aromatic rings. The highest BCUT2D eigenvalue weighted by atomic mass is 19.3. The third kappa shape index (κ3) is 8.11. The van der Waals surface area contributed by atoms with Gasteiger partial charge >= 0.3 is 24.0 Å². The molecule has 4 atom stereocenters. The lowest BCUT2D eigenvalue weighted by atomic mass is 9.94. The summed E-state index contributed by atoms with van der Waals surface area (Å²) in [6, 6.07) is -1.43. The fourth-order valence-corrected chi connectivity index (χ4v) is 2.56. The second-order valence-electron chi connectivity index (χ2n) is 8.26. The van der Waals surface area contributed by atoms with Crippen molar-refractivity contribution in [3.8, 4) is 0 Å². The lowest BCUT2D eigenvalue weighted by Gasteiger charge is -2.29. The van der Waals surface area contributed by atoms with Gasteiger partial charge in [-0.2, -0.15) is 0 Å². The summed E-state index contributed by atoms with van der Waals surface area (Å²) in [5.41, 5.74) is -0.852. The molecule has 4 unspecified atom stereocenters. The zero-order chi connectivity index (χ0) is 23.2. The number of hydrogen-bond donors (Lipinski definition) is 1. The third-order valence-electron chi connectivity index (χ3n) is 3.99. The molecule has 1 saturated heterocycles. The van der Waals surface area contributed by atoms with Crippen molar-refractivity contribution in [2.24, 2.45) is 11.8 Å². The van der Waals surface area contributed by atoms with Gasteiger partial charge < -0.3 is 24.3 Å². The van der Waals surface area contributed by atoms with E-state index >= 15 is 0 Å².